The number of halogens is 1. The molecular weight excluding hydrogens is 603 g/mol. The third-order valence-corrected chi connectivity index (χ3v) is 8.12. The highest BCUT2D eigenvalue weighted by Crippen LogP contribution is 2.37. The van der Waals surface area contributed by atoms with Gasteiger partial charge in [0.1, 0.15) is 0 Å². The van der Waals surface area contributed by atoms with Crippen molar-refractivity contribution in [2.24, 2.45) is 5.41 Å². The second-order valence-corrected chi connectivity index (χ2v) is 12.0. The molecule has 0 heterocycles. The zero-order chi connectivity index (χ0) is 28.7. The van der Waals surface area contributed by atoms with E-state index in [1.54, 1.807) is 6.07 Å². The Bertz CT molecular complexity index is 1600. The van der Waals surface area contributed by atoms with Gasteiger partial charge >= 0.3 is 0 Å². The van der Waals surface area contributed by atoms with Gasteiger partial charge in [-0.15, -0.1) is 0 Å². The molecule has 1 unspecified atom stereocenters. The van der Waals surface area contributed by atoms with Crippen LogP contribution in [0.25, 0.3) is 11.1 Å². The van der Waals surface area contributed by atoms with Crippen LogP contribution in [0.5, 0.6) is 0 Å². The fourth-order valence-electron chi connectivity index (χ4n) is 5.13. The SMILES string of the molecule is C[C@H](NC(c1cccc(-c2cccc(C#N)c2)c1)C(C)(C)C#N)[C@@H](Cc1ccc(I)cc1)c1cccc(C#N)c1. The lowest BCUT2D eigenvalue weighted by Crippen LogP contribution is -2.42. The van der Waals surface area contributed by atoms with Crippen molar-refractivity contribution in [3.63, 3.8) is 0 Å². The number of hydrogen-bond donors (Lipinski definition) is 1. The van der Waals surface area contributed by atoms with E-state index in [0.717, 1.165) is 28.7 Å². The number of nitrogens with zero attached hydrogens (tertiary/aromatic N) is 3. The highest BCUT2D eigenvalue weighted by molar-refractivity contribution is 14.1. The van der Waals surface area contributed by atoms with Crippen LogP contribution in [0, 0.1) is 43.0 Å². The summed E-state index contributed by atoms with van der Waals surface area (Å²) in [6.45, 7) is 6.09. The zero-order valence-electron chi connectivity index (χ0n) is 22.9. The van der Waals surface area contributed by atoms with Gasteiger partial charge < -0.3 is 5.32 Å². The van der Waals surface area contributed by atoms with Gasteiger partial charge in [-0.25, -0.2) is 0 Å². The minimum atomic E-state index is -0.705. The van der Waals surface area contributed by atoms with Crippen molar-refractivity contribution in [2.75, 3.05) is 0 Å². The maximum Gasteiger partial charge on any atom is 0.0991 e. The molecule has 0 amide bonds. The molecule has 0 fully saturated rings. The summed E-state index contributed by atoms with van der Waals surface area (Å²) >= 11 is 2.32. The molecule has 5 heteroatoms. The van der Waals surface area contributed by atoms with Gasteiger partial charge in [0.05, 0.1) is 40.8 Å². The first-order chi connectivity index (χ1) is 19.2. The van der Waals surface area contributed by atoms with Crippen LogP contribution in [-0.4, -0.2) is 6.04 Å². The van der Waals surface area contributed by atoms with E-state index in [9.17, 15) is 15.8 Å². The summed E-state index contributed by atoms with van der Waals surface area (Å²) in [6.07, 6.45) is 0.792. The van der Waals surface area contributed by atoms with Crippen LogP contribution in [0.3, 0.4) is 0 Å². The van der Waals surface area contributed by atoms with Gasteiger partial charge in [-0.3, -0.25) is 0 Å². The molecule has 0 saturated carbocycles. The average molecular weight is 635 g/mol. The van der Waals surface area contributed by atoms with Crippen LogP contribution in [0.15, 0.2) is 97.1 Å². The monoisotopic (exact) mass is 634 g/mol. The largest absolute Gasteiger partial charge is 0.305 e. The summed E-state index contributed by atoms with van der Waals surface area (Å²) in [5.74, 6) is 0.0702. The van der Waals surface area contributed by atoms with Crippen molar-refractivity contribution in [3.8, 4) is 29.3 Å². The molecule has 0 aliphatic rings. The molecule has 0 aliphatic heterocycles. The van der Waals surface area contributed by atoms with Crippen LogP contribution >= 0.6 is 22.6 Å². The highest BCUT2D eigenvalue weighted by atomic mass is 127. The number of nitrogens with one attached hydrogen (secondary N) is 1. The van der Waals surface area contributed by atoms with E-state index in [-0.39, 0.29) is 18.0 Å². The summed E-state index contributed by atoms with van der Waals surface area (Å²) in [5.41, 5.74) is 5.83. The smallest absolute Gasteiger partial charge is 0.0991 e. The van der Waals surface area contributed by atoms with E-state index in [4.69, 9.17) is 0 Å². The Morgan fingerprint density at radius 2 is 1.32 bits per heavy atom. The first-order valence-electron chi connectivity index (χ1n) is 13.3. The van der Waals surface area contributed by atoms with Crippen molar-refractivity contribution in [1.82, 2.24) is 5.32 Å². The topological polar surface area (TPSA) is 83.4 Å². The third kappa shape index (κ3) is 6.97. The molecular formula is C35H31IN4. The summed E-state index contributed by atoms with van der Waals surface area (Å²) in [7, 11) is 0. The van der Waals surface area contributed by atoms with Crippen LogP contribution in [0.1, 0.15) is 60.5 Å². The van der Waals surface area contributed by atoms with Crippen molar-refractivity contribution in [1.29, 1.82) is 15.8 Å². The molecule has 4 aromatic rings. The Hall–Kier alpha value is -3.96. The van der Waals surface area contributed by atoms with Gasteiger partial charge in [-0.05, 0) is 120 Å². The first kappa shape index (κ1) is 29.0. The lowest BCUT2D eigenvalue weighted by Gasteiger charge is -2.36. The molecule has 0 bridgehead atoms. The Morgan fingerprint density at radius 3 is 1.98 bits per heavy atom. The van der Waals surface area contributed by atoms with E-state index in [1.807, 2.05) is 62.4 Å². The average Bonchev–Trinajstić information content (AvgIpc) is 2.99. The molecule has 0 saturated heterocycles. The Morgan fingerprint density at radius 1 is 0.750 bits per heavy atom. The molecule has 4 aromatic carbocycles. The summed E-state index contributed by atoms with van der Waals surface area (Å²) in [5, 5.41) is 33.0. The van der Waals surface area contributed by atoms with Gasteiger partial charge in [0, 0.05) is 15.5 Å². The zero-order valence-corrected chi connectivity index (χ0v) is 25.1. The quantitative estimate of drug-likeness (QED) is 0.188. The van der Waals surface area contributed by atoms with Gasteiger partial charge in [-0.1, -0.05) is 54.6 Å². The predicted molar refractivity (Wildman–Crippen MR) is 168 cm³/mol. The number of nitriles is 3. The van der Waals surface area contributed by atoms with E-state index in [0.29, 0.717) is 11.1 Å². The summed E-state index contributed by atoms with van der Waals surface area (Å²) < 4.78 is 1.19. The van der Waals surface area contributed by atoms with Gasteiger partial charge in [0.2, 0.25) is 0 Å². The van der Waals surface area contributed by atoms with Gasteiger partial charge in [0.15, 0.2) is 0 Å². The summed E-state index contributed by atoms with van der Waals surface area (Å²) in [4.78, 5) is 0. The predicted octanol–water partition coefficient (Wildman–Crippen LogP) is 8.30. The second kappa shape index (κ2) is 12.9. The molecule has 3 atom stereocenters. The maximum atomic E-state index is 10.2. The first-order valence-corrected chi connectivity index (χ1v) is 14.3. The molecule has 0 radical (unpaired) electrons. The van der Waals surface area contributed by atoms with Crippen LogP contribution in [-0.2, 0) is 6.42 Å². The molecule has 198 valence electrons. The minimum absolute atomic E-state index is 0.0172. The Labute approximate surface area is 251 Å². The van der Waals surface area contributed by atoms with Crippen LogP contribution in [0.2, 0.25) is 0 Å². The van der Waals surface area contributed by atoms with E-state index in [1.165, 1.54) is 9.13 Å². The molecule has 0 aliphatic carbocycles. The van der Waals surface area contributed by atoms with E-state index >= 15 is 0 Å². The molecule has 1 N–H and O–H groups in total. The summed E-state index contributed by atoms with van der Waals surface area (Å²) in [6, 6.07) is 38.9. The van der Waals surface area contributed by atoms with Gasteiger partial charge in [0.25, 0.3) is 0 Å². The van der Waals surface area contributed by atoms with E-state index in [2.05, 4.69) is 95.5 Å². The van der Waals surface area contributed by atoms with Crippen molar-refractivity contribution >= 4 is 22.6 Å². The minimum Gasteiger partial charge on any atom is -0.305 e. The number of rotatable bonds is 9. The molecule has 0 aromatic heterocycles. The molecule has 4 rings (SSSR count). The number of benzene rings is 4. The Balaban J connectivity index is 1.72. The third-order valence-electron chi connectivity index (χ3n) is 7.40. The van der Waals surface area contributed by atoms with Crippen LogP contribution in [0.4, 0.5) is 0 Å². The highest BCUT2D eigenvalue weighted by Gasteiger charge is 2.34. The van der Waals surface area contributed by atoms with Crippen molar-refractivity contribution in [3.05, 3.63) is 128 Å². The Kier molecular flexibility index (Phi) is 9.38. The fourth-order valence-corrected chi connectivity index (χ4v) is 5.49. The second-order valence-electron chi connectivity index (χ2n) is 10.7. The molecule has 0 spiro atoms. The maximum absolute atomic E-state index is 10.2. The van der Waals surface area contributed by atoms with Crippen molar-refractivity contribution < 1.29 is 0 Å². The normalized spacial score (nSPS) is 13.3. The molecule has 40 heavy (non-hydrogen) atoms. The molecule has 4 nitrogen and oxygen atoms in total. The van der Waals surface area contributed by atoms with E-state index < -0.39 is 5.41 Å². The standard InChI is InChI=1S/C35H31IN4/c1-24(33(19-25-13-15-32(36)16-14-25)30-11-5-8-27(18-30)22-38)40-34(35(2,3)23-39)31-12-6-10-29(20-31)28-9-4-7-26(17-28)21-37/h4-18,20,24,33-34,40H,19H2,1-3H3/t24-,33+,34?/m0/s1. The fraction of sp³-hybridized carbons (Fsp3) is 0.229. The lowest BCUT2D eigenvalue weighted by atomic mass is 9.79. The van der Waals surface area contributed by atoms with Crippen molar-refractivity contribution in [2.45, 2.75) is 45.2 Å². The van der Waals surface area contributed by atoms with Gasteiger partial charge in [-0.2, -0.15) is 15.8 Å². The van der Waals surface area contributed by atoms with Crippen LogP contribution < -0.4 is 5.32 Å². The number of hydrogen-bond acceptors (Lipinski definition) is 4. The lowest BCUT2D eigenvalue weighted by molar-refractivity contribution is 0.281.